The quantitative estimate of drug-likeness (QED) is 0.132. The van der Waals surface area contributed by atoms with Crippen molar-refractivity contribution < 1.29 is 34.2 Å². The van der Waals surface area contributed by atoms with E-state index in [1.165, 1.54) is 24.7 Å². The van der Waals surface area contributed by atoms with E-state index in [0.717, 1.165) is 0 Å². The van der Waals surface area contributed by atoms with Crippen LogP contribution in [0.2, 0.25) is 0 Å². The maximum atomic E-state index is 13.4. The molecule has 0 fully saturated rings. The van der Waals surface area contributed by atoms with Crippen molar-refractivity contribution in [3.8, 4) is 5.75 Å². The highest BCUT2D eigenvalue weighted by Gasteiger charge is 2.33. The molecule has 5 unspecified atom stereocenters. The van der Waals surface area contributed by atoms with Gasteiger partial charge in [0.1, 0.15) is 23.9 Å². The molecule has 14 nitrogen and oxygen atoms in total. The molecule has 1 heterocycles. The minimum Gasteiger partial charge on any atom is -0.508 e. The number of benzene rings is 1. The smallest absolute Gasteiger partial charge is 0.326 e. The van der Waals surface area contributed by atoms with Gasteiger partial charge >= 0.3 is 5.97 Å². The number of rotatable bonds is 15. The summed E-state index contributed by atoms with van der Waals surface area (Å²) < 4.78 is 0. The number of imidazole rings is 1. The number of hydrogen-bond acceptors (Lipinski definition) is 8. The minimum atomic E-state index is -1.58. The van der Waals surface area contributed by atoms with Crippen molar-refractivity contribution in [3.63, 3.8) is 0 Å². The molecule has 10 N–H and O–H groups in total. The van der Waals surface area contributed by atoms with Gasteiger partial charge < -0.3 is 42.6 Å². The number of phenols is 1. The number of aromatic hydroxyl groups is 1. The number of carbonyl (C=O) groups excluding carboxylic acids is 4. The van der Waals surface area contributed by atoms with Crippen LogP contribution in [0.25, 0.3) is 0 Å². The number of carboxylic acids is 1. The number of nitrogens with zero attached hydrogens (tertiary/aromatic N) is 1. The van der Waals surface area contributed by atoms with Crippen LogP contribution in [0.4, 0.5) is 0 Å². The molecular weight excluding hydrogens is 510 g/mol. The molecule has 212 valence electrons. The zero-order valence-electron chi connectivity index (χ0n) is 21.7. The lowest BCUT2D eigenvalue weighted by atomic mass is 9.96. The summed E-state index contributed by atoms with van der Waals surface area (Å²) in [6.07, 6.45) is 2.91. The second-order valence-electron chi connectivity index (χ2n) is 9.26. The number of nitrogens with one attached hydrogen (secondary N) is 4. The Morgan fingerprint density at radius 3 is 2.15 bits per heavy atom. The van der Waals surface area contributed by atoms with Gasteiger partial charge in [0.25, 0.3) is 0 Å². The fourth-order valence-electron chi connectivity index (χ4n) is 3.70. The number of aromatic nitrogens is 2. The monoisotopic (exact) mass is 545 g/mol. The first kappa shape index (κ1) is 30.8. The van der Waals surface area contributed by atoms with Crippen LogP contribution in [0.3, 0.4) is 0 Å². The van der Waals surface area contributed by atoms with Crippen LogP contribution in [0, 0.1) is 5.92 Å². The molecule has 0 aliphatic rings. The Morgan fingerprint density at radius 2 is 1.62 bits per heavy atom. The first-order chi connectivity index (χ1) is 18.4. The topological polar surface area (TPSA) is 243 Å². The normalized spacial score (nSPS) is 14.7. The van der Waals surface area contributed by atoms with E-state index in [0.29, 0.717) is 17.7 Å². The number of primary amides is 1. The lowest BCUT2D eigenvalue weighted by Crippen LogP contribution is -2.59. The van der Waals surface area contributed by atoms with Gasteiger partial charge in [0, 0.05) is 24.7 Å². The molecule has 2 rings (SSSR count). The molecule has 1 aromatic heterocycles. The summed E-state index contributed by atoms with van der Waals surface area (Å²) in [5.74, 6) is -4.97. The Kier molecular flexibility index (Phi) is 11.4. The van der Waals surface area contributed by atoms with Crippen LogP contribution in [0.5, 0.6) is 5.75 Å². The van der Waals surface area contributed by atoms with E-state index < -0.39 is 66.1 Å². The van der Waals surface area contributed by atoms with Gasteiger partial charge in [-0.1, -0.05) is 32.4 Å². The predicted octanol–water partition coefficient (Wildman–Crippen LogP) is -1.31. The number of carbonyl (C=O) groups is 5. The Bertz CT molecular complexity index is 1140. The number of phenolic OH excluding ortho intramolecular Hbond substituents is 1. The standard InChI is InChI=1S/C25H35N7O7/c1-3-13(2)21(24(37)31-19(25(38)39)10-20(27)34)32-23(36)18(8-14-4-6-16(33)7-5-14)30-22(35)17(26)9-15-11-28-12-29-15/h4-7,11-13,17-19,21,33H,3,8-10,26H2,1-2H3,(H2,27,34)(H,28,29)(H,30,35)(H,31,37)(H,32,36)(H,38,39). The van der Waals surface area contributed by atoms with Crippen LogP contribution >= 0.6 is 0 Å². The van der Waals surface area contributed by atoms with Crippen molar-refractivity contribution in [2.45, 2.75) is 63.7 Å². The van der Waals surface area contributed by atoms with Gasteiger partial charge in [-0.05, 0) is 23.6 Å². The van der Waals surface area contributed by atoms with Gasteiger partial charge in [-0.3, -0.25) is 19.2 Å². The van der Waals surface area contributed by atoms with Crippen molar-refractivity contribution in [3.05, 3.63) is 48.0 Å². The molecule has 0 radical (unpaired) electrons. The number of carboxylic acid groups (broad SMARTS) is 1. The maximum absolute atomic E-state index is 13.4. The van der Waals surface area contributed by atoms with Gasteiger partial charge in [0.2, 0.25) is 23.6 Å². The van der Waals surface area contributed by atoms with Gasteiger partial charge in [0.15, 0.2) is 0 Å². The van der Waals surface area contributed by atoms with Crippen molar-refractivity contribution in [1.29, 1.82) is 0 Å². The molecule has 4 amide bonds. The summed E-state index contributed by atoms with van der Waals surface area (Å²) >= 11 is 0. The molecule has 5 atom stereocenters. The number of hydrogen-bond donors (Lipinski definition) is 8. The molecule has 0 spiro atoms. The number of aliphatic carboxylic acids is 1. The average molecular weight is 546 g/mol. The summed E-state index contributed by atoms with van der Waals surface area (Å²) in [7, 11) is 0. The van der Waals surface area contributed by atoms with E-state index in [9.17, 15) is 34.2 Å². The molecule has 0 aliphatic carbocycles. The Morgan fingerprint density at radius 1 is 0.974 bits per heavy atom. The van der Waals surface area contributed by atoms with Crippen molar-refractivity contribution in [2.24, 2.45) is 17.4 Å². The zero-order valence-corrected chi connectivity index (χ0v) is 21.7. The summed E-state index contributed by atoms with van der Waals surface area (Å²) in [4.78, 5) is 68.8. The average Bonchev–Trinajstić information content (AvgIpc) is 3.39. The minimum absolute atomic E-state index is 0.00288. The van der Waals surface area contributed by atoms with Crippen LogP contribution in [0.15, 0.2) is 36.8 Å². The second kappa shape index (κ2) is 14.5. The summed E-state index contributed by atoms with van der Waals surface area (Å²) in [6, 6.07) is 1.06. The maximum Gasteiger partial charge on any atom is 0.326 e. The third-order valence-corrected chi connectivity index (χ3v) is 6.15. The van der Waals surface area contributed by atoms with Gasteiger partial charge in [0.05, 0.1) is 18.8 Å². The van der Waals surface area contributed by atoms with Gasteiger partial charge in [-0.25, -0.2) is 9.78 Å². The summed E-state index contributed by atoms with van der Waals surface area (Å²) in [5.41, 5.74) is 12.3. The Hall–Kier alpha value is -4.46. The van der Waals surface area contributed by atoms with Crippen LogP contribution in [0.1, 0.15) is 37.9 Å². The first-order valence-electron chi connectivity index (χ1n) is 12.3. The lowest BCUT2D eigenvalue weighted by Gasteiger charge is -2.28. The largest absolute Gasteiger partial charge is 0.508 e. The number of amides is 4. The highest BCUT2D eigenvalue weighted by atomic mass is 16.4. The fraction of sp³-hybridized carbons (Fsp3) is 0.440. The number of nitrogens with two attached hydrogens (primary N) is 2. The van der Waals surface area contributed by atoms with E-state index >= 15 is 0 Å². The van der Waals surface area contributed by atoms with E-state index in [2.05, 4.69) is 25.9 Å². The van der Waals surface area contributed by atoms with E-state index in [1.807, 2.05) is 0 Å². The van der Waals surface area contributed by atoms with Gasteiger partial charge in [-0.15, -0.1) is 0 Å². The summed E-state index contributed by atoms with van der Waals surface area (Å²) in [6.45, 7) is 3.46. The van der Waals surface area contributed by atoms with Crippen LogP contribution in [-0.2, 0) is 36.8 Å². The Labute approximate surface area is 224 Å². The highest BCUT2D eigenvalue weighted by molar-refractivity contribution is 5.95. The molecule has 0 saturated carbocycles. The number of H-pyrrole nitrogens is 1. The molecule has 2 aromatic rings. The predicted molar refractivity (Wildman–Crippen MR) is 139 cm³/mol. The van der Waals surface area contributed by atoms with Crippen molar-refractivity contribution in [2.75, 3.05) is 0 Å². The second-order valence-corrected chi connectivity index (χ2v) is 9.26. The molecule has 0 aliphatic heterocycles. The number of aromatic amines is 1. The van der Waals surface area contributed by atoms with E-state index in [4.69, 9.17) is 11.5 Å². The van der Waals surface area contributed by atoms with E-state index in [1.54, 1.807) is 26.0 Å². The zero-order chi connectivity index (χ0) is 29.1. The highest BCUT2D eigenvalue weighted by Crippen LogP contribution is 2.14. The third-order valence-electron chi connectivity index (χ3n) is 6.15. The Balaban J connectivity index is 2.24. The third kappa shape index (κ3) is 9.74. The molecule has 14 heteroatoms. The van der Waals surface area contributed by atoms with Gasteiger partial charge in [-0.2, -0.15) is 0 Å². The molecule has 39 heavy (non-hydrogen) atoms. The molecular formula is C25H35N7O7. The van der Waals surface area contributed by atoms with Crippen molar-refractivity contribution >= 4 is 29.6 Å². The SMILES string of the molecule is CCC(C)C(NC(=O)C(Cc1ccc(O)cc1)NC(=O)C(N)Cc1cnc[nH]1)C(=O)NC(CC(N)=O)C(=O)O. The van der Waals surface area contributed by atoms with Crippen molar-refractivity contribution in [1.82, 2.24) is 25.9 Å². The van der Waals surface area contributed by atoms with E-state index in [-0.39, 0.29) is 18.6 Å². The summed E-state index contributed by atoms with van der Waals surface area (Å²) in [5, 5.41) is 26.4. The van der Waals surface area contributed by atoms with Crippen LogP contribution in [-0.4, -0.2) is 73.9 Å². The fourth-order valence-corrected chi connectivity index (χ4v) is 3.70. The molecule has 0 bridgehead atoms. The lowest BCUT2D eigenvalue weighted by molar-refractivity contribution is -0.144. The molecule has 1 aromatic carbocycles. The van der Waals surface area contributed by atoms with Crippen LogP contribution < -0.4 is 27.4 Å². The molecule has 0 saturated heterocycles. The first-order valence-corrected chi connectivity index (χ1v) is 12.3.